The number of nitrogens with one attached hydrogen (secondary N) is 1. The highest BCUT2D eigenvalue weighted by molar-refractivity contribution is 7.89. The van der Waals surface area contributed by atoms with Gasteiger partial charge in [-0.25, -0.2) is 17.5 Å². The molecule has 1 saturated carbocycles. The topological polar surface area (TPSA) is 72.2 Å². The molecule has 1 aromatic rings. The van der Waals surface area contributed by atoms with Crippen LogP contribution in [0.3, 0.4) is 0 Å². The van der Waals surface area contributed by atoms with Crippen molar-refractivity contribution < 1.29 is 12.8 Å². The maximum Gasteiger partial charge on any atom is 0.243 e. The first-order valence-electron chi connectivity index (χ1n) is 6.64. The van der Waals surface area contributed by atoms with Crippen molar-refractivity contribution in [3.8, 4) is 0 Å². The molecule has 0 aromatic heterocycles. The molecule has 0 heterocycles. The SMILES string of the molecule is NCc1cc(Cl)cc(S(=O)(=O)NC2CCCCC2)c1F. The van der Waals surface area contributed by atoms with Crippen molar-refractivity contribution in [1.82, 2.24) is 4.72 Å². The Morgan fingerprint density at radius 2 is 1.95 bits per heavy atom. The average molecular weight is 321 g/mol. The maximum absolute atomic E-state index is 14.1. The number of nitrogens with two attached hydrogens (primary N) is 1. The molecule has 1 fully saturated rings. The molecule has 1 aromatic carbocycles. The summed E-state index contributed by atoms with van der Waals surface area (Å²) in [6, 6.07) is 2.34. The van der Waals surface area contributed by atoms with Crippen LogP contribution in [0.1, 0.15) is 37.7 Å². The highest BCUT2D eigenvalue weighted by Gasteiger charge is 2.26. The van der Waals surface area contributed by atoms with Crippen molar-refractivity contribution in [3.63, 3.8) is 0 Å². The van der Waals surface area contributed by atoms with E-state index in [1.54, 1.807) is 0 Å². The molecular formula is C13H18ClFN2O2S. The fraction of sp³-hybridized carbons (Fsp3) is 0.538. The lowest BCUT2D eigenvalue weighted by atomic mass is 9.96. The molecule has 0 unspecified atom stereocenters. The van der Waals surface area contributed by atoms with Gasteiger partial charge in [-0.1, -0.05) is 30.9 Å². The predicted molar refractivity (Wildman–Crippen MR) is 76.5 cm³/mol. The van der Waals surface area contributed by atoms with Crippen LogP contribution in [-0.2, 0) is 16.6 Å². The van der Waals surface area contributed by atoms with E-state index >= 15 is 0 Å². The molecule has 2 rings (SSSR count). The maximum atomic E-state index is 14.1. The van der Waals surface area contributed by atoms with Gasteiger partial charge in [-0.15, -0.1) is 0 Å². The van der Waals surface area contributed by atoms with Crippen LogP contribution in [0, 0.1) is 5.82 Å². The van der Waals surface area contributed by atoms with Gasteiger partial charge in [-0.3, -0.25) is 0 Å². The van der Waals surface area contributed by atoms with E-state index in [0.29, 0.717) is 0 Å². The van der Waals surface area contributed by atoms with Gasteiger partial charge in [0.1, 0.15) is 10.7 Å². The molecule has 112 valence electrons. The molecule has 0 amide bonds. The molecular weight excluding hydrogens is 303 g/mol. The number of rotatable bonds is 4. The summed E-state index contributed by atoms with van der Waals surface area (Å²) in [6.07, 6.45) is 4.65. The Labute approximate surface area is 123 Å². The third-order valence-corrected chi connectivity index (χ3v) is 5.25. The zero-order valence-corrected chi connectivity index (χ0v) is 12.6. The molecule has 0 bridgehead atoms. The van der Waals surface area contributed by atoms with Gasteiger partial charge in [-0.2, -0.15) is 0 Å². The summed E-state index contributed by atoms with van der Waals surface area (Å²) < 4.78 is 41.3. The van der Waals surface area contributed by atoms with Crippen LogP contribution in [0.2, 0.25) is 5.02 Å². The van der Waals surface area contributed by atoms with E-state index in [0.717, 1.165) is 38.2 Å². The van der Waals surface area contributed by atoms with Crippen LogP contribution in [-0.4, -0.2) is 14.5 Å². The van der Waals surface area contributed by atoms with Gasteiger partial charge in [-0.05, 0) is 25.0 Å². The van der Waals surface area contributed by atoms with Crippen molar-refractivity contribution in [3.05, 3.63) is 28.5 Å². The minimum absolute atomic E-state index is 0.0986. The van der Waals surface area contributed by atoms with Crippen LogP contribution in [0.5, 0.6) is 0 Å². The van der Waals surface area contributed by atoms with E-state index in [1.807, 2.05) is 0 Å². The van der Waals surface area contributed by atoms with Gasteiger partial charge < -0.3 is 5.73 Å². The van der Waals surface area contributed by atoms with Crippen LogP contribution >= 0.6 is 11.6 Å². The lowest BCUT2D eigenvalue weighted by molar-refractivity contribution is 0.411. The van der Waals surface area contributed by atoms with Crippen molar-refractivity contribution in [2.24, 2.45) is 5.73 Å². The lowest BCUT2D eigenvalue weighted by Gasteiger charge is -2.23. The Balaban J connectivity index is 2.31. The number of hydrogen-bond donors (Lipinski definition) is 2. The monoisotopic (exact) mass is 320 g/mol. The summed E-state index contributed by atoms with van der Waals surface area (Å²) in [5.41, 5.74) is 5.50. The third kappa shape index (κ3) is 3.49. The first-order chi connectivity index (χ1) is 9.44. The predicted octanol–water partition coefficient (Wildman–Crippen LogP) is 2.55. The van der Waals surface area contributed by atoms with E-state index in [1.165, 1.54) is 6.07 Å². The fourth-order valence-corrected chi connectivity index (χ4v) is 4.22. The molecule has 0 radical (unpaired) electrons. The average Bonchev–Trinajstić information content (AvgIpc) is 2.41. The summed E-state index contributed by atoms with van der Waals surface area (Å²) in [5.74, 6) is -0.819. The molecule has 0 spiro atoms. The molecule has 4 nitrogen and oxygen atoms in total. The normalized spacial score (nSPS) is 17.4. The van der Waals surface area contributed by atoms with Gasteiger partial charge in [0.2, 0.25) is 10.0 Å². The Morgan fingerprint density at radius 1 is 1.30 bits per heavy atom. The largest absolute Gasteiger partial charge is 0.326 e. The smallest absolute Gasteiger partial charge is 0.243 e. The van der Waals surface area contributed by atoms with E-state index < -0.39 is 20.7 Å². The summed E-state index contributed by atoms with van der Waals surface area (Å²) >= 11 is 5.84. The second kappa shape index (κ2) is 6.39. The van der Waals surface area contributed by atoms with Crippen LogP contribution in [0.15, 0.2) is 17.0 Å². The minimum atomic E-state index is -3.91. The van der Waals surface area contributed by atoms with Crippen molar-refractivity contribution >= 4 is 21.6 Å². The number of halogens is 2. The van der Waals surface area contributed by atoms with Gasteiger partial charge in [0.15, 0.2) is 0 Å². The van der Waals surface area contributed by atoms with Crippen LogP contribution in [0.4, 0.5) is 4.39 Å². The molecule has 1 aliphatic rings. The second-order valence-electron chi connectivity index (χ2n) is 5.04. The van der Waals surface area contributed by atoms with E-state index in [9.17, 15) is 12.8 Å². The number of hydrogen-bond acceptors (Lipinski definition) is 3. The van der Waals surface area contributed by atoms with Gasteiger partial charge in [0, 0.05) is 23.2 Å². The lowest BCUT2D eigenvalue weighted by Crippen LogP contribution is -2.36. The highest BCUT2D eigenvalue weighted by Crippen LogP contribution is 2.25. The van der Waals surface area contributed by atoms with Gasteiger partial charge >= 0.3 is 0 Å². The summed E-state index contributed by atoms with van der Waals surface area (Å²) in [4.78, 5) is -0.420. The zero-order valence-electron chi connectivity index (χ0n) is 11.0. The van der Waals surface area contributed by atoms with Crippen molar-refractivity contribution in [2.75, 3.05) is 0 Å². The molecule has 0 saturated heterocycles. The zero-order chi connectivity index (χ0) is 14.8. The molecule has 20 heavy (non-hydrogen) atoms. The summed E-state index contributed by atoms with van der Waals surface area (Å²) in [7, 11) is -3.91. The molecule has 0 atom stereocenters. The van der Waals surface area contributed by atoms with Crippen LogP contribution in [0.25, 0.3) is 0 Å². The van der Waals surface area contributed by atoms with Gasteiger partial charge in [0.25, 0.3) is 0 Å². The van der Waals surface area contributed by atoms with E-state index in [-0.39, 0.29) is 23.2 Å². The van der Waals surface area contributed by atoms with Crippen molar-refractivity contribution in [2.45, 2.75) is 49.6 Å². The first kappa shape index (κ1) is 15.7. The number of benzene rings is 1. The molecule has 0 aliphatic heterocycles. The second-order valence-corrected chi connectivity index (χ2v) is 7.16. The fourth-order valence-electron chi connectivity index (χ4n) is 2.47. The van der Waals surface area contributed by atoms with Crippen LogP contribution < -0.4 is 10.5 Å². The summed E-state index contributed by atoms with van der Waals surface area (Å²) in [6.45, 7) is -0.0989. The molecule has 7 heteroatoms. The first-order valence-corrected chi connectivity index (χ1v) is 8.50. The summed E-state index contributed by atoms with van der Waals surface area (Å²) in [5, 5.41) is 0.163. The highest BCUT2D eigenvalue weighted by atomic mass is 35.5. The quantitative estimate of drug-likeness (QED) is 0.895. The Bertz CT molecular complexity index is 586. The van der Waals surface area contributed by atoms with E-state index in [4.69, 9.17) is 17.3 Å². The Hall–Kier alpha value is -0.690. The molecule has 1 aliphatic carbocycles. The Morgan fingerprint density at radius 3 is 2.55 bits per heavy atom. The minimum Gasteiger partial charge on any atom is -0.326 e. The van der Waals surface area contributed by atoms with Crippen molar-refractivity contribution in [1.29, 1.82) is 0 Å². The third-order valence-electron chi connectivity index (χ3n) is 3.52. The number of sulfonamides is 1. The Kier molecular flexibility index (Phi) is 5.01. The molecule has 3 N–H and O–H groups in total. The standard InChI is InChI=1S/C13H18ClFN2O2S/c14-10-6-9(8-16)13(15)12(7-10)20(18,19)17-11-4-2-1-3-5-11/h6-7,11,17H,1-5,8,16H2. The van der Waals surface area contributed by atoms with Gasteiger partial charge in [0.05, 0.1) is 0 Å². The van der Waals surface area contributed by atoms with E-state index in [2.05, 4.69) is 4.72 Å².